The fraction of sp³-hybridized carbons (Fsp3) is 0.611. The summed E-state index contributed by atoms with van der Waals surface area (Å²) < 4.78 is 33.1. The van der Waals surface area contributed by atoms with Crippen LogP contribution in [0, 0.1) is 0 Å². The van der Waals surface area contributed by atoms with Gasteiger partial charge in [0, 0.05) is 30.2 Å². The Balaban J connectivity index is 0.00000261. The van der Waals surface area contributed by atoms with E-state index in [0.717, 1.165) is 32.4 Å². The summed E-state index contributed by atoms with van der Waals surface area (Å²) >= 11 is 0. The van der Waals surface area contributed by atoms with Crippen molar-refractivity contribution in [1.82, 2.24) is 14.9 Å². The maximum Gasteiger partial charge on any atom is 0.254 e. The van der Waals surface area contributed by atoms with Crippen LogP contribution in [0.15, 0.2) is 23.1 Å². The second kappa shape index (κ2) is 8.77. The Morgan fingerprint density at radius 2 is 1.96 bits per heavy atom. The summed E-state index contributed by atoms with van der Waals surface area (Å²) in [7, 11) is -2.34. The van der Waals surface area contributed by atoms with Crippen molar-refractivity contribution in [2.75, 3.05) is 20.2 Å². The van der Waals surface area contributed by atoms with Crippen molar-refractivity contribution in [3.05, 3.63) is 23.8 Å². The largest absolute Gasteiger partial charge is 0.495 e. The number of nitrogens with zero attached hydrogens (tertiary/aromatic N) is 1. The molecule has 2 unspecified atom stereocenters. The number of fused-ring (bicyclic) bond motifs is 2. The zero-order valence-electron chi connectivity index (χ0n) is 15.9. The summed E-state index contributed by atoms with van der Waals surface area (Å²) in [5, 5.41) is 3.37. The molecule has 152 valence electrons. The summed E-state index contributed by atoms with van der Waals surface area (Å²) in [4.78, 5) is 15.1. The third kappa shape index (κ3) is 4.56. The van der Waals surface area contributed by atoms with Crippen LogP contribution in [0.5, 0.6) is 5.75 Å². The number of carbonyl (C=O) groups excluding carboxylic acids is 1. The third-order valence-corrected chi connectivity index (χ3v) is 6.66. The summed E-state index contributed by atoms with van der Waals surface area (Å²) in [6, 6.07) is 4.78. The number of amides is 1. The molecule has 1 aromatic carbocycles. The normalized spacial score (nSPS) is 22.3. The van der Waals surface area contributed by atoms with Gasteiger partial charge in [0.25, 0.3) is 5.91 Å². The molecule has 2 atom stereocenters. The van der Waals surface area contributed by atoms with E-state index in [9.17, 15) is 13.2 Å². The van der Waals surface area contributed by atoms with E-state index >= 15 is 0 Å². The molecule has 3 rings (SSSR count). The van der Waals surface area contributed by atoms with Gasteiger partial charge in [-0.2, -0.15) is 0 Å². The molecule has 0 saturated carbocycles. The van der Waals surface area contributed by atoms with Crippen molar-refractivity contribution in [3.63, 3.8) is 0 Å². The van der Waals surface area contributed by atoms with Crippen molar-refractivity contribution < 1.29 is 17.9 Å². The highest BCUT2D eigenvalue weighted by molar-refractivity contribution is 7.89. The van der Waals surface area contributed by atoms with Gasteiger partial charge in [0.15, 0.2) is 0 Å². The number of hydrogen-bond donors (Lipinski definition) is 2. The predicted molar refractivity (Wildman–Crippen MR) is 106 cm³/mol. The molecule has 2 aliphatic rings. The summed E-state index contributed by atoms with van der Waals surface area (Å²) in [6.45, 7) is 5.20. The maximum absolute atomic E-state index is 13.2. The number of ether oxygens (including phenoxy) is 1. The van der Waals surface area contributed by atoms with Crippen molar-refractivity contribution in [2.45, 2.75) is 56.1 Å². The lowest BCUT2D eigenvalue weighted by Gasteiger charge is -2.28. The predicted octanol–water partition coefficient (Wildman–Crippen LogP) is 1.77. The third-order valence-electron chi connectivity index (χ3n) is 4.98. The lowest BCUT2D eigenvalue weighted by molar-refractivity contribution is 0.0680. The molecule has 27 heavy (non-hydrogen) atoms. The summed E-state index contributed by atoms with van der Waals surface area (Å²) in [6.07, 6.45) is 2.92. The van der Waals surface area contributed by atoms with Gasteiger partial charge in [-0.15, -0.1) is 12.4 Å². The van der Waals surface area contributed by atoms with Crippen LogP contribution in [0.1, 0.15) is 43.5 Å². The Morgan fingerprint density at radius 1 is 1.26 bits per heavy atom. The number of sulfonamides is 1. The molecule has 2 aliphatic heterocycles. The van der Waals surface area contributed by atoms with Crippen molar-refractivity contribution in [3.8, 4) is 5.75 Å². The second-order valence-electron chi connectivity index (χ2n) is 7.23. The highest BCUT2D eigenvalue weighted by Gasteiger charge is 2.38. The molecule has 2 heterocycles. The van der Waals surface area contributed by atoms with Gasteiger partial charge in [-0.3, -0.25) is 4.79 Å². The Morgan fingerprint density at radius 3 is 2.63 bits per heavy atom. The van der Waals surface area contributed by atoms with Gasteiger partial charge in [-0.1, -0.05) is 0 Å². The van der Waals surface area contributed by atoms with Crippen LogP contribution in [-0.4, -0.2) is 57.5 Å². The number of halogens is 1. The zero-order chi connectivity index (χ0) is 18.9. The molecule has 0 aliphatic carbocycles. The Hall–Kier alpha value is -1.35. The number of nitrogens with one attached hydrogen (secondary N) is 2. The van der Waals surface area contributed by atoms with Crippen molar-refractivity contribution in [2.24, 2.45) is 0 Å². The van der Waals surface area contributed by atoms with E-state index < -0.39 is 10.0 Å². The van der Waals surface area contributed by atoms with Gasteiger partial charge >= 0.3 is 0 Å². The molecule has 1 amide bonds. The molecule has 1 aromatic rings. The first kappa shape index (κ1) is 21.9. The van der Waals surface area contributed by atoms with Crippen LogP contribution < -0.4 is 14.8 Å². The molecular weight excluding hydrogens is 390 g/mol. The minimum atomic E-state index is -3.77. The Kier molecular flexibility index (Phi) is 7.13. The number of rotatable bonds is 5. The monoisotopic (exact) mass is 417 g/mol. The van der Waals surface area contributed by atoms with Crippen LogP contribution >= 0.6 is 12.4 Å². The van der Waals surface area contributed by atoms with Gasteiger partial charge in [0.1, 0.15) is 10.6 Å². The molecule has 9 heteroatoms. The summed E-state index contributed by atoms with van der Waals surface area (Å²) in [5.41, 5.74) is 0.383. The second-order valence-corrected chi connectivity index (χ2v) is 8.91. The molecule has 2 fully saturated rings. The Labute approximate surface area is 167 Å². The van der Waals surface area contributed by atoms with E-state index in [1.807, 2.05) is 4.90 Å². The standard InChI is InChI=1S/C18H27N3O4S.ClH/c1-12(2)20-26(23,24)17-10-13(4-7-16(17)25-3)18(22)21-14-5-6-15(21)11-19-9-8-14;/h4,7,10,12,14-15,19-20H,5-6,8-9,11H2,1-3H3;1H. The van der Waals surface area contributed by atoms with Crippen LogP contribution in [0.25, 0.3) is 0 Å². The summed E-state index contributed by atoms with van der Waals surface area (Å²) in [5.74, 6) is 0.125. The maximum atomic E-state index is 13.2. The quantitative estimate of drug-likeness (QED) is 0.762. The van der Waals surface area contributed by atoms with E-state index in [1.54, 1.807) is 26.0 Å². The highest BCUT2D eigenvalue weighted by atomic mass is 35.5. The molecule has 2 N–H and O–H groups in total. The van der Waals surface area contributed by atoms with Gasteiger partial charge in [0.2, 0.25) is 10.0 Å². The average molecular weight is 418 g/mol. The van der Waals surface area contributed by atoms with Gasteiger partial charge in [-0.25, -0.2) is 13.1 Å². The van der Waals surface area contributed by atoms with Crippen LogP contribution in [-0.2, 0) is 10.0 Å². The first-order valence-corrected chi connectivity index (χ1v) is 10.6. The molecular formula is C18H28ClN3O4S. The minimum Gasteiger partial charge on any atom is -0.495 e. The molecule has 0 aromatic heterocycles. The van der Waals surface area contributed by atoms with E-state index in [-0.39, 0.29) is 47.1 Å². The first-order chi connectivity index (χ1) is 12.3. The first-order valence-electron chi connectivity index (χ1n) is 9.07. The van der Waals surface area contributed by atoms with Crippen LogP contribution in [0.4, 0.5) is 0 Å². The highest BCUT2D eigenvalue weighted by Crippen LogP contribution is 2.31. The zero-order valence-corrected chi connectivity index (χ0v) is 17.5. The van der Waals surface area contributed by atoms with Gasteiger partial charge in [0.05, 0.1) is 7.11 Å². The lowest BCUT2D eigenvalue weighted by atomic mass is 10.1. The van der Waals surface area contributed by atoms with Gasteiger partial charge < -0.3 is 15.0 Å². The van der Waals surface area contributed by atoms with Crippen molar-refractivity contribution in [1.29, 1.82) is 0 Å². The fourth-order valence-electron chi connectivity index (χ4n) is 3.86. The van der Waals surface area contributed by atoms with Gasteiger partial charge in [-0.05, 0) is 57.9 Å². The average Bonchev–Trinajstić information content (AvgIpc) is 2.85. The number of methoxy groups -OCH3 is 1. The van der Waals surface area contributed by atoms with E-state index in [2.05, 4.69) is 10.0 Å². The smallest absolute Gasteiger partial charge is 0.254 e. The minimum absolute atomic E-state index is 0. The Bertz CT molecular complexity index is 771. The molecule has 0 spiro atoms. The van der Waals surface area contributed by atoms with E-state index in [0.29, 0.717) is 5.56 Å². The van der Waals surface area contributed by atoms with E-state index in [1.165, 1.54) is 13.2 Å². The molecule has 0 radical (unpaired) electrons. The topological polar surface area (TPSA) is 87.7 Å². The molecule has 2 saturated heterocycles. The number of hydrogen-bond acceptors (Lipinski definition) is 5. The lowest BCUT2D eigenvalue weighted by Crippen LogP contribution is -2.42. The van der Waals surface area contributed by atoms with Crippen LogP contribution in [0.2, 0.25) is 0 Å². The van der Waals surface area contributed by atoms with E-state index in [4.69, 9.17) is 4.74 Å². The van der Waals surface area contributed by atoms with Crippen LogP contribution in [0.3, 0.4) is 0 Å². The number of benzene rings is 1. The molecule has 2 bridgehead atoms. The molecule has 7 nitrogen and oxygen atoms in total. The number of carbonyl (C=O) groups is 1. The van der Waals surface area contributed by atoms with Crippen molar-refractivity contribution >= 4 is 28.3 Å². The fourth-order valence-corrected chi connectivity index (χ4v) is 5.30. The SMILES string of the molecule is COc1ccc(C(=O)N2C3CCNCC2CC3)cc1S(=O)(=O)NC(C)C.Cl.